The molecular weight excluding hydrogens is 471 g/mol. The van der Waals surface area contributed by atoms with Crippen LogP contribution in [0.4, 0.5) is 0 Å². The molecule has 0 aromatic carbocycles. The molecule has 2 rings (SSSR count). The highest BCUT2D eigenvalue weighted by Gasteiger charge is 2.14. The summed E-state index contributed by atoms with van der Waals surface area (Å²) in [5.41, 5.74) is 1.12. The lowest BCUT2D eigenvalue weighted by atomic mass is 10.2. The minimum Gasteiger partial charge on any atom is -0.357 e. The highest BCUT2D eigenvalue weighted by molar-refractivity contribution is 14.0. The molecule has 156 valence electrons. The van der Waals surface area contributed by atoms with Crippen molar-refractivity contribution in [3.8, 4) is 0 Å². The summed E-state index contributed by atoms with van der Waals surface area (Å²) < 4.78 is 0. The molecule has 0 spiro atoms. The first-order valence-corrected chi connectivity index (χ1v) is 10.9. The van der Waals surface area contributed by atoms with Crippen LogP contribution in [0.15, 0.2) is 10.4 Å². The first-order valence-electron chi connectivity index (χ1n) is 9.97. The van der Waals surface area contributed by atoms with Crippen LogP contribution in [0.3, 0.4) is 0 Å². The lowest BCUT2D eigenvalue weighted by Gasteiger charge is -2.33. The van der Waals surface area contributed by atoms with Crippen molar-refractivity contribution in [3.63, 3.8) is 0 Å². The zero-order valence-corrected chi connectivity index (χ0v) is 20.6. The number of nitrogens with one attached hydrogen (secondary N) is 1. The van der Waals surface area contributed by atoms with Crippen molar-refractivity contribution in [2.45, 2.75) is 40.2 Å². The van der Waals surface area contributed by atoms with Gasteiger partial charge in [-0.25, -0.2) is 4.98 Å². The van der Waals surface area contributed by atoms with Crippen LogP contribution in [0.25, 0.3) is 0 Å². The quantitative estimate of drug-likeness (QED) is 0.241. The Hall–Kier alpha value is -0.450. The van der Waals surface area contributed by atoms with Gasteiger partial charge in [-0.15, -0.1) is 35.3 Å². The van der Waals surface area contributed by atoms with Gasteiger partial charge >= 0.3 is 0 Å². The molecular formula is C19H37IN6S. The highest BCUT2D eigenvalue weighted by Crippen LogP contribution is 2.10. The Labute approximate surface area is 186 Å². The molecule has 1 N–H and O–H groups in total. The number of thiazole rings is 1. The van der Waals surface area contributed by atoms with Gasteiger partial charge in [0.15, 0.2) is 5.96 Å². The first-order chi connectivity index (χ1) is 12.6. The van der Waals surface area contributed by atoms with Gasteiger partial charge in [0.2, 0.25) is 0 Å². The van der Waals surface area contributed by atoms with Gasteiger partial charge in [-0.3, -0.25) is 4.99 Å². The van der Waals surface area contributed by atoms with Crippen molar-refractivity contribution in [1.29, 1.82) is 0 Å². The number of guanidine groups is 1. The maximum atomic E-state index is 4.80. The normalized spacial score (nSPS) is 16.2. The van der Waals surface area contributed by atoms with Crippen LogP contribution in [-0.4, -0.2) is 85.0 Å². The number of nitrogens with zero attached hydrogens (tertiary/aromatic N) is 5. The standard InChI is InChI=1S/C19H36N6S.HI/c1-5-20-19(23(4)15-18-16-26-17(3)22-18)21-9-7-8-10-25-13-11-24(6-2)12-14-25;/h16H,5-15H2,1-4H3,(H,20,21);1H. The fraction of sp³-hybridized carbons (Fsp3) is 0.789. The topological polar surface area (TPSA) is 47.0 Å². The van der Waals surface area contributed by atoms with E-state index in [1.54, 1.807) is 11.3 Å². The summed E-state index contributed by atoms with van der Waals surface area (Å²) in [5, 5.41) is 6.65. The number of aryl methyl sites for hydroxylation is 1. The van der Waals surface area contributed by atoms with Crippen LogP contribution in [-0.2, 0) is 6.54 Å². The number of aliphatic imine (C=N–C) groups is 1. The Morgan fingerprint density at radius 3 is 2.52 bits per heavy atom. The van der Waals surface area contributed by atoms with Crippen LogP contribution in [0, 0.1) is 6.92 Å². The molecule has 1 aliphatic heterocycles. The van der Waals surface area contributed by atoms with E-state index in [9.17, 15) is 0 Å². The molecule has 1 aliphatic rings. The van der Waals surface area contributed by atoms with Gasteiger partial charge in [0.25, 0.3) is 0 Å². The molecule has 0 bridgehead atoms. The van der Waals surface area contributed by atoms with Crippen molar-refractivity contribution < 1.29 is 0 Å². The van der Waals surface area contributed by atoms with Crippen LogP contribution >= 0.6 is 35.3 Å². The maximum absolute atomic E-state index is 4.80. The second kappa shape index (κ2) is 13.7. The fourth-order valence-electron chi connectivity index (χ4n) is 3.23. The lowest BCUT2D eigenvalue weighted by molar-refractivity contribution is 0.136. The molecule has 1 fully saturated rings. The third-order valence-electron chi connectivity index (χ3n) is 4.82. The third kappa shape index (κ3) is 9.06. The Bertz CT molecular complexity index is 542. The fourth-order valence-corrected chi connectivity index (χ4v) is 3.83. The summed E-state index contributed by atoms with van der Waals surface area (Å²) in [6.07, 6.45) is 2.37. The average Bonchev–Trinajstić information content (AvgIpc) is 3.05. The molecule has 0 amide bonds. The van der Waals surface area contributed by atoms with E-state index in [0.717, 1.165) is 42.7 Å². The largest absolute Gasteiger partial charge is 0.357 e. The highest BCUT2D eigenvalue weighted by atomic mass is 127. The molecule has 1 aromatic rings. The Morgan fingerprint density at radius 2 is 1.93 bits per heavy atom. The van der Waals surface area contributed by atoms with Gasteiger partial charge < -0.3 is 20.0 Å². The van der Waals surface area contributed by atoms with E-state index in [-0.39, 0.29) is 24.0 Å². The predicted molar refractivity (Wildman–Crippen MR) is 127 cm³/mol. The average molecular weight is 509 g/mol. The molecule has 0 saturated carbocycles. The Morgan fingerprint density at radius 1 is 1.22 bits per heavy atom. The number of hydrogen-bond donors (Lipinski definition) is 1. The van der Waals surface area contributed by atoms with Crippen molar-refractivity contribution in [2.24, 2.45) is 4.99 Å². The second-order valence-electron chi connectivity index (χ2n) is 6.93. The summed E-state index contributed by atoms with van der Waals surface area (Å²) in [6, 6.07) is 0. The number of unbranched alkanes of at least 4 members (excludes halogenated alkanes) is 1. The first kappa shape index (κ1) is 24.6. The molecule has 2 heterocycles. The second-order valence-corrected chi connectivity index (χ2v) is 7.99. The molecule has 8 heteroatoms. The number of rotatable bonds is 9. The van der Waals surface area contributed by atoms with Gasteiger partial charge in [-0.2, -0.15) is 0 Å². The van der Waals surface area contributed by atoms with Crippen LogP contribution in [0.2, 0.25) is 0 Å². The van der Waals surface area contributed by atoms with E-state index in [0.29, 0.717) is 0 Å². The molecule has 1 saturated heterocycles. The van der Waals surface area contributed by atoms with E-state index < -0.39 is 0 Å². The molecule has 0 atom stereocenters. The zero-order valence-electron chi connectivity index (χ0n) is 17.4. The summed E-state index contributed by atoms with van der Waals surface area (Å²) in [4.78, 5) is 16.7. The molecule has 6 nitrogen and oxygen atoms in total. The van der Waals surface area contributed by atoms with Crippen molar-refractivity contribution in [2.75, 3.05) is 59.4 Å². The van der Waals surface area contributed by atoms with E-state index >= 15 is 0 Å². The van der Waals surface area contributed by atoms with Crippen molar-refractivity contribution in [3.05, 3.63) is 16.1 Å². The van der Waals surface area contributed by atoms with Crippen LogP contribution < -0.4 is 5.32 Å². The number of aromatic nitrogens is 1. The predicted octanol–water partition coefficient (Wildman–Crippen LogP) is 2.88. The molecule has 1 aromatic heterocycles. The van der Waals surface area contributed by atoms with Crippen LogP contribution in [0.1, 0.15) is 37.4 Å². The van der Waals surface area contributed by atoms with Gasteiger partial charge in [0, 0.05) is 51.7 Å². The Kier molecular flexibility index (Phi) is 12.5. The van der Waals surface area contributed by atoms with E-state index in [1.165, 1.54) is 45.7 Å². The number of piperazine rings is 1. The Balaban J connectivity index is 0.00000364. The van der Waals surface area contributed by atoms with Crippen molar-refractivity contribution >= 4 is 41.3 Å². The SMILES string of the molecule is CCNC(=NCCCCN1CCN(CC)CC1)N(C)Cc1csc(C)n1.I. The summed E-state index contributed by atoms with van der Waals surface area (Å²) in [6.45, 7) is 16.3. The molecule has 0 unspecified atom stereocenters. The van der Waals surface area contributed by atoms with Crippen LogP contribution in [0.5, 0.6) is 0 Å². The molecule has 0 radical (unpaired) electrons. The summed E-state index contributed by atoms with van der Waals surface area (Å²) >= 11 is 1.71. The third-order valence-corrected chi connectivity index (χ3v) is 5.64. The summed E-state index contributed by atoms with van der Waals surface area (Å²) in [5.74, 6) is 0.981. The monoisotopic (exact) mass is 508 g/mol. The van der Waals surface area contributed by atoms with Gasteiger partial charge in [-0.05, 0) is 39.8 Å². The van der Waals surface area contributed by atoms with E-state index in [1.807, 2.05) is 0 Å². The van der Waals surface area contributed by atoms with Crippen molar-refractivity contribution in [1.82, 2.24) is 25.0 Å². The minimum atomic E-state index is 0. The summed E-state index contributed by atoms with van der Waals surface area (Å²) in [7, 11) is 2.09. The smallest absolute Gasteiger partial charge is 0.194 e. The lowest BCUT2D eigenvalue weighted by Crippen LogP contribution is -2.46. The van der Waals surface area contributed by atoms with Gasteiger partial charge in [-0.1, -0.05) is 6.92 Å². The maximum Gasteiger partial charge on any atom is 0.194 e. The molecule has 27 heavy (non-hydrogen) atoms. The minimum absolute atomic E-state index is 0. The number of likely N-dealkylation sites (N-methyl/N-ethyl adjacent to an activating group) is 1. The molecule has 0 aliphatic carbocycles. The van der Waals surface area contributed by atoms with E-state index in [4.69, 9.17) is 4.99 Å². The van der Waals surface area contributed by atoms with Gasteiger partial charge in [0.1, 0.15) is 0 Å². The number of hydrogen-bond acceptors (Lipinski definition) is 5. The van der Waals surface area contributed by atoms with E-state index in [2.05, 4.69) is 58.2 Å². The zero-order chi connectivity index (χ0) is 18.8. The van der Waals surface area contributed by atoms with Gasteiger partial charge in [0.05, 0.1) is 17.2 Å². The number of halogens is 1.